The van der Waals surface area contributed by atoms with Crippen LogP contribution in [0.1, 0.15) is 132 Å². The third-order valence-corrected chi connectivity index (χ3v) is 11.6. The van der Waals surface area contributed by atoms with Crippen LogP contribution in [0.15, 0.2) is 20.0 Å². The molecule has 0 aromatic carbocycles. The lowest BCUT2D eigenvalue weighted by atomic mass is 9.90. The first-order valence-electron chi connectivity index (χ1n) is 21.5. The molecule has 4 bridgehead atoms. The van der Waals surface area contributed by atoms with E-state index in [-0.39, 0.29) is 49.8 Å². The third-order valence-electron chi connectivity index (χ3n) is 11.6. The summed E-state index contributed by atoms with van der Waals surface area (Å²) in [5.41, 5.74) is -8.77. The van der Waals surface area contributed by atoms with Gasteiger partial charge in [0.1, 0.15) is 0 Å². The molecule has 4 atom stereocenters. The molecule has 6 aliphatic heterocycles. The molecular formula is C44H76N8O8. The topological polar surface area (TPSA) is 203 Å². The van der Waals surface area contributed by atoms with Crippen LogP contribution in [0.2, 0.25) is 0 Å². The Balaban J connectivity index is 2.12. The number of nitrogens with zero attached hydrogens (tertiary/aromatic N) is 4. The maximum atomic E-state index is 14.2. The van der Waals surface area contributed by atoms with Crippen molar-refractivity contribution in [2.45, 2.75) is 177 Å². The Morgan fingerprint density at radius 1 is 0.367 bits per heavy atom. The van der Waals surface area contributed by atoms with Crippen LogP contribution in [0.4, 0.5) is 0 Å². The Morgan fingerprint density at radius 3 is 0.717 bits per heavy atom. The highest BCUT2D eigenvalue weighted by Crippen LogP contribution is 2.27. The van der Waals surface area contributed by atoms with Crippen LogP contribution in [0.25, 0.3) is 0 Å². The van der Waals surface area contributed by atoms with E-state index in [1.807, 2.05) is 55.4 Å². The Kier molecular flexibility index (Phi) is 17.7. The minimum atomic E-state index is -1.38. The number of carbonyl (C=O) groups excluding carboxylic acids is 4. The molecule has 0 saturated heterocycles. The van der Waals surface area contributed by atoms with Crippen LogP contribution in [0.5, 0.6) is 0 Å². The number of aliphatic imine (C=N–C) groups is 4. The third kappa shape index (κ3) is 13.7. The lowest BCUT2D eigenvalue weighted by molar-refractivity contribution is -0.139. The summed E-state index contributed by atoms with van der Waals surface area (Å²) in [7, 11) is 6.01. The molecule has 0 aromatic heterocycles. The summed E-state index contributed by atoms with van der Waals surface area (Å²) < 4.78 is 24.0. The van der Waals surface area contributed by atoms with Gasteiger partial charge in [0.25, 0.3) is 23.6 Å². The van der Waals surface area contributed by atoms with Gasteiger partial charge in [0.2, 0.25) is 0 Å². The van der Waals surface area contributed by atoms with Crippen molar-refractivity contribution in [3.63, 3.8) is 0 Å². The van der Waals surface area contributed by atoms with Gasteiger partial charge in [-0.2, -0.15) is 0 Å². The van der Waals surface area contributed by atoms with Gasteiger partial charge in [-0.25, -0.2) is 0 Å². The van der Waals surface area contributed by atoms with Crippen molar-refractivity contribution in [3.05, 3.63) is 0 Å². The van der Waals surface area contributed by atoms with Crippen LogP contribution in [-0.2, 0) is 38.1 Å². The number of methoxy groups -OCH3 is 4. The number of carbonyl (C=O) groups is 4. The minimum absolute atomic E-state index is 0.173. The lowest BCUT2D eigenvalue weighted by Crippen LogP contribution is -2.59. The second-order valence-electron chi connectivity index (χ2n) is 19.4. The average molecular weight is 845 g/mol. The summed E-state index contributed by atoms with van der Waals surface area (Å²) in [6.45, 7) is 15.7. The fraction of sp³-hybridized carbons (Fsp3) is 0.818. The summed E-state index contributed by atoms with van der Waals surface area (Å²) >= 11 is 0. The summed E-state index contributed by atoms with van der Waals surface area (Å²) in [6, 6.07) is 0. The number of nitrogens with one attached hydrogen (secondary N) is 4. The van der Waals surface area contributed by atoms with Gasteiger partial charge >= 0.3 is 0 Å². The molecule has 60 heavy (non-hydrogen) atoms. The molecular weight excluding hydrogens is 769 g/mol. The van der Waals surface area contributed by atoms with E-state index in [2.05, 4.69) is 21.3 Å². The van der Waals surface area contributed by atoms with Crippen molar-refractivity contribution in [3.8, 4) is 0 Å². The van der Waals surface area contributed by atoms with Gasteiger partial charge < -0.3 is 40.2 Å². The molecule has 6 heterocycles. The summed E-state index contributed by atoms with van der Waals surface area (Å²) in [4.78, 5) is 75.5. The zero-order chi connectivity index (χ0) is 44.9. The second-order valence-corrected chi connectivity index (χ2v) is 19.4. The number of hydrogen-bond donors (Lipinski definition) is 4. The molecule has 0 fully saturated rings. The molecule has 0 spiro atoms. The molecule has 0 aliphatic carbocycles. The molecule has 6 rings (SSSR count). The second kappa shape index (κ2) is 21.0. The molecule has 0 aromatic rings. The molecule has 6 aliphatic rings. The monoisotopic (exact) mass is 845 g/mol. The maximum Gasteiger partial charge on any atom is 0.258 e. The van der Waals surface area contributed by atoms with Crippen molar-refractivity contribution in [2.24, 2.45) is 20.0 Å². The fourth-order valence-corrected chi connectivity index (χ4v) is 7.69. The van der Waals surface area contributed by atoms with E-state index in [9.17, 15) is 19.2 Å². The van der Waals surface area contributed by atoms with Crippen LogP contribution < -0.4 is 21.3 Å². The van der Waals surface area contributed by atoms with Crippen LogP contribution >= 0.6 is 0 Å². The zero-order valence-corrected chi connectivity index (χ0v) is 38.7. The standard InChI is InChI=1S/C44H76N8O8/c1-37(2)25-45-29-42(58-10)22-18-15-16-20-24-44(60-12)32-48-28-39(5,6)51-35(55)43(59-11,31-47-27-40(7,8)52-36(44)56)23-19-14-13-17-21-41(57-9,33(53)49-37)30-46-26-38(3,4)50-34(42)54/h29-32H,13-28H2,1-12H3,(H,49,53)(H,50,54)(H,51,55)(H,52,56). The van der Waals surface area contributed by atoms with E-state index >= 15 is 0 Å². The molecule has 16 heteroatoms. The molecule has 340 valence electrons. The minimum Gasteiger partial charge on any atom is -0.363 e. The lowest BCUT2D eigenvalue weighted by Gasteiger charge is -2.36. The highest BCUT2D eigenvalue weighted by molar-refractivity contribution is 6.04. The Bertz CT molecular complexity index is 1380. The van der Waals surface area contributed by atoms with Gasteiger partial charge in [-0.1, -0.05) is 25.7 Å². The number of ether oxygens (including phenoxy) is 4. The van der Waals surface area contributed by atoms with Crippen LogP contribution in [0.3, 0.4) is 0 Å². The highest BCUT2D eigenvalue weighted by Gasteiger charge is 2.44. The van der Waals surface area contributed by atoms with Gasteiger partial charge in [-0.05, 0) is 107 Å². The van der Waals surface area contributed by atoms with Gasteiger partial charge in [-0.15, -0.1) is 0 Å². The SMILES string of the molecule is COC12C=NCC(C)(C)NC(=O)C(OC)(C=NCC(C)(C)NC1=O)CCCCCCC1(OC)C=NCC(C)(C)NC(=O)C(OC)(C=NCC(C)(C)NC1=O)CCCCCC2. The summed E-state index contributed by atoms with van der Waals surface area (Å²) in [5, 5.41) is 12.5. The van der Waals surface area contributed by atoms with Crippen molar-refractivity contribution in [1.82, 2.24) is 21.3 Å². The van der Waals surface area contributed by atoms with Gasteiger partial charge in [0, 0.05) is 53.3 Å². The quantitative estimate of drug-likeness (QED) is 0.324. The molecule has 0 saturated carbocycles. The highest BCUT2D eigenvalue weighted by atomic mass is 16.5. The molecule has 0 radical (unpaired) electrons. The van der Waals surface area contributed by atoms with Gasteiger partial charge in [0.15, 0.2) is 22.4 Å². The summed E-state index contributed by atoms with van der Waals surface area (Å²) in [6.07, 6.45) is 13.0. The molecule has 4 N–H and O–H groups in total. The Labute approximate surface area is 358 Å². The molecule has 4 unspecified atom stereocenters. The smallest absolute Gasteiger partial charge is 0.258 e. The molecule has 4 amide bonds. The normalized spacial score (nSPS) is 32.7. The van der Waals surface area contributed by atoms with Crippen LogP contribution in [0, 0.1) is 0 Å². The zero-order valence-electron chi connectivity index (χ0n) is 38.7. The predicted octanol–water partition coefficient (Wildman–Crippen LogP) is 4.11. The van der Waals surface area contributed by atoms with Gasteiger partial charge in [-0.3, -0.25) is 39.1 Å². The van der Waals surface area contributed by atoms with Crippen LogP contribution in [-0.4, -0.2) is 148 Å². The van der Waals surface area contributed by atoms with Gasteiger partial charge in [0.05, 0.1) is 48.3 Å². The van der Waals surface area contributed by atoms with E-state index in [0.29, 0.717) is 51.4 Å². The van der Waals surface area contributed by atoms with E-state index in [1.165, 1.54) is 28.4 Å². The van der Waals surface area contributed by atoms with E-state index < -0.39 is 44.6 Å². The van der Waals surface area contributed by atoms with Crippen molar-refractivity contribution < 1.29 is 38.1 Å². The van der Waals surface area contributed by atoms with E-state index in [0.717, 1.165) is 25.7 Å². The van der Waals surface area contributed by atoms with E-state index in [1.54, 1.807) is 24.9 Å². The predicted molar refractivity (Wildman–Crippen MR) is 237 cm³/mol. The van der Waals surface area contributed by atoms with Crippen molar-refractivity contribution in [2.75, 3.05) is 54.6 Å². The Morgan fingerprint density at radius 2 is 0.550 bits per heavy atom. The maximum absolute atomic E-state index is 14.2. The first-order chi connectivity index (χ1) is 28.0. The largest absolute Gasteiger partial charge is 0.363 e. The fourth-order valence-electron chi connectivity index (χ4n) is 7.69. The van der Waals surface area contributed by atoms with E-state index in [4.69, 9.17) is 38.9 Å². The Hall–Kier alpha value is -3.60. The summed E-state index contributed by atoms with van der Waals surface area (Å²) in [5.74, 6) is -1.33. The number of amides is 4. The number of rotatable bonds is 4. The molecule has 16 nitrogen and oxygen atoms in total. The average Bonchev–Trinajstić information content (AvgIpc) is 3.15. The number of hydrogen-bond acceptors (Lipinski definition) is 12. The first kappa shape index (κ1) is 50.8. The van der Waals surface area contributed by atoms with Crippen molar-refractivity contribution >= 4 is 48.5 Å². The van der Waals surface area contributed by atoms with Crippen molar-refractivity contribution in [1.29, 1.82) is 0 Å². The first-order valence-corrected chi connectivity index (χ1v) is 21.5.